The molecule has 0 saturated heterocycles. The van der Waals surface area contributed by atoms with Gasteiger partial charge in [-0.1, -0.05) is 25.1 Å². The zero-order chi connectivity index (χ0) is 25.3. The SMILES string of the molecule is CCN1CCC(=O)NCCCOc2ccc(C)cc2Nc2ncc(C#N)c(n2)Nc2cccc(c2)C1. The van der Waals surface area contributed by atoms with E-state index < -0.39 is 0 Å². The summed E-state index contributed by atoms with van der Waals surface area (Å²) in [4.78, 5) is 23.5. The molecule has 1 aliphatic rings. The third-order valence-corrected chi connectivity index (χ3v) is 5.89. The van der Waals surface area contributed by atoms with Crippen molar-refractivity contribution in [3.63, 3.8) is 0 Å². The minimum atomic E-state index is 0.0376. The first-order valence-electron chi connectivity index (χ1n) is 12.2. The summed E-state index contributed by atoms with van der Waals surface area (Å²) in [5, 5.41) is 19.1. The Bertz CT molecular complexity index is 1260. The normalized spacial score (nSPS) is 15.2. The first kappa shape index (κ1) is 24.9. The highest BCUT2D eigenvalue weighted by molar-refractivity contribution is 5.76. The highest BCUT2D eigenvalue weighted by atomic mass is 16.5. The van der Waals surface area contributed by atoms with E-state index in [4.69, 9.17) is 4.74 Å². The Morgan fingerprint density at radius 3 is 2.92 bits per heavy atom. The monoisotopic (exact) mass is 485 g/mol. The number of nitrogens with one attached hydrogen (secondary N) is 3. The number of fused-ring (bicyclic) bond motifs is 5. The lowest BCUT2D eigenvalue weighted by Crippen LogP contribution is -2.31. The van der Waals surface area contributed by atoms with Gasteiger partial charge < -0.3 is 20.7 Å². The molecule has 4 bridgehead atoms. The van der Waals surface area contributed by atoms with Crippen molar-refractivity contribution < 1.29 is 9.53 Å². The van der Waals surface area contributed by atoms with Crippen molar-refractivity contribution in [3.8, 4) is 11.8 Å². The average Bonchev–Trinajstić information content (AvgIpc) is 2.87. The van der Waals surface area contributed by atoms with E-state index in [1.807, 2.05) is 43.3 Å². The number of nitriles is 1. The Morgan fingerprint density at radius 2 is 2.08 bits per heavy atom. The van der Waals surface area contributed by atoms with Crippen molar-refractivity contribution in [2.75, 3.05) is 36.9 Å². The van der Waals surface area contributed by atoms with Gasteiger partial charge in [-0.25, -0.2) is 4.98 Å². The van der Waals surface area contributed by atoms with Crippen LogP contribution in [-0.4, -0.2) is 47.0 Å². The van der Waals surface area contributed by atoms with Gasteiger partial charge in [0, 0.05) is 31.7 Å². The number of aromatic nitrogens is 2. The highest BCUT2D eigenvalue weighted by Gasteiger charge is 2.13. The summed E-state index contributed by atoms with van der Waals surface area (Å²) in [5.41, 5.74) is 4.04. The molecule has 36 heavy (non-hydrogen) atoms. The highest BCUT2D eigenvalue weighted by Crippen LogP contribution is 2.29. The molecule has 1 aliphatic heterocycles. The van der Waals surface area contributed by atoms with E-state index in [9.17, 15) is 10.1 Å². The fourth-order valence-electron chi connectivity index (χ4n) is 3.93. The number of hydrogen-bond acceptors (Lipinski definition) is 8. The summed E-state index contributed by atoms with van der Waals surface area (Å²) in [5.74, 6) is 1.47. The van der Waals surface area contributed by atoms with Gasteiger partial charge in [-0.3, -0.25) is 9.69 Å². The number of carbonyl (C=O) groups is 1. The molecule has 3 N–H and O–H groups in total. The molecule has 1 aromatic heterocycles. The molecule has 0 fully saturated rings. The van der Waals surface area contributed by atoms with Crippen LogP contribution in [-0.2, 0) is 11.3 Å². The standard InChI is InChI=1S/C27H31N7O2/c1-3-34-12-10-25(35)29-11-5-13-36-24-9-8-19(2)14-23(24)32-27-30-17-21(16-28)26(33-27)31-22-7-4-6-20(15-22)18-34/h4,6-9,14-15,17H,3,5,10-13,18H2,1-2H3,(H,29,35)(H2,30,31,32,33). The van der Waals surface area contributed by atoms with Crippen LogP contribution in [0.25, 0.3) is 0 Å². The van der Waals surface area contributed by atoms with Gasteiger partial charge in [0.2, 0.25) is 11.9 Å². The van der Waals surface area contributed by atoms with Gasteiger partial charge in [-0.2, -0.15) is 10.2 Å². The summed E-state index contributed by atoms with van der Waals surface area (Å²) >= 11 is 0. The number of rotatable bonds is 1. The smallest absolute Gasteiger partial charge is 0.229 e. The van der Waals surface area contributed by atoms with E-state index in [0.717, 1.165) is 29.0 Å². The number of hydrogen-bond donors (Lipinski definition) is 3. The lowest BCUT2D eigenvalue weighted by molar-refractivity contribution is -0.121. The van der Waals surface area contributed by atoms with Gasteiger partial charge in [0.25, 0.3) is 0 Å². The van der Waals surface area contributed by atoms with Crippen LogP contribution in [0.2, 0.25) is 0 Å². The minimum absolute atomic E-state index is 0.0376. The maximum absolute atomic E-state index is 12.3. The lowest BCUT2D eigenvalue weighted by Gasteiger charge is -2.21. The first-order chi connectivity index (χ1) is 17.5. The topological polar surface area (TPSA) is 115 Å². The molecule has 1 amide bonds. The van der Waals surface area contributed by atoms with Crippen LogP contribution in [0, 0.1) is 18.3 Å². The summed E-state index contributed by atoms with van der Waals surface area (Å²) in [6.45, 7) is 7.30. The van der Waals surface area contributed by atoms with Gasteiger partial charge in [-0.15, -0.1) is 0 Å². The van der Waals surface area contributed by atoms with Crippen molar-refractivity contribution in [1.29, 1.82) is 5.26 Å². The molecule has 186 valence electrons. The molecule has 2 aromatic carbocycles. The number of ether oxygens (including phenoxy) is 1. The Balaban J connectivity index is 1.66. The molecule has 4 rings (SSSR count). The van der Waals surface area contributed by atoms with Crippen LogP contribution < -0.4 is 20.7 Å². The molecular formula is C27H31N7O2. The largest absolute Gasteiger partial charge is 0.491 e. The average molecular weight is 486 g/mol. The van der Waals surface area contributed by atoms with Crippen molar-refractivity contribution in [2.24, 2.45) is 0 Å². The maximum Gasteiger partial charge on any atom is 0.229 e. The summed E-state index contributed by atoms with van der Waals surface area (Å²) in [7, 11) is 0. The molecule has 0 unspecified atom stereocenters. The molecule has 0 aliphatic carbocycles. The third-order valence-electron chi connectivity index (χ3n) is 5.89. The van der Waals surface area contributed by atoms with Crippen molar-refractivity contribution >= 4 is 29.0 Å². The molecule has 9 heteroatoms. The fourth-order valence-corrected chi connectivity index (χ4v) is 3.93. The molecule has 9 nitrogen and oxygen atoms in total. The lowest BCUT2D eigenvalue weighted by atomic mass is 10.1. The van der Waals surface area contributed by atoms with E-state index >= 15 is 0 Å². The van der Waals surface area contributed by atoms with Crippen LogP contribution in [0.15, 0.2) is 48.7 Å². The van der Waals surface area contributed by atoms with E-state index in [2.05, 4.69) is 49.9 Å². The van der Waals surface area contributed by atoms with Crippen LogP contribution in [0.4, 0.5) is 23.1 Å². The number of anilines is 4. The quantitative estimate of drug-likeness (QED) is 0.468. The number of benzene rings is 2. The molecule has 0 saturated carbocycles. The summed E-state index contributed by atoms with van der Waals surface area (Å²) < 4.78 is 5.99. The third kappa shape index (κ3) is 6.71. The Morgan fingerprint density at radius 1 is 1.19 bits per heavy atom. The Hall–Kier alpha value is -4.16. The predicted octanol–water partition coefficient (Wildman–Crippen LogP) is 4.25. The summed E-state index contributed by atoms with van der Waals surface area (Å²) in [6.07, 6.45) is 2.63. The number of nitrogens with zero attached hydrogens (tertiary/aromatic N) is 4. The number of amides is 1. The molecule has 3 aromatic rings. The summed E-state index contributed by atoms with van der Waals surface area (Å²) in [6, 6.07) is 16.0. The van der Waals surface area contributed by atoms with Crippen molar-refractivity contribution in [1.82, 2.24) is 20.2 Å². The second kappa shape index (κ2) is 12.0. The van der Waals surface area contributed by atoms with Gasteiger partial charge in [0.15, 0.2) is 5.82 Å². The second-order valence-corrected chi connectivity index (χ2v) is 8.69. The van der Waals surface area contributed by atoms with E-state index in [1.165, 1.54) is 6.20 Å². The Kier molecular flexibility index (Phi) is 8.32. The van der Waals surface area contributed by atoms with Crippen LogP contribution in [0.5, 0.6) is 5.75 Å². The van der Waals surface area contributed by atoms with Crippen molar-refractivity contribution in [2.45, 2.75) is 33.2 Å². The zero-order valence-corrected chi connectivity index (χ0v) is 20.7. The molecule has 2 heterocycles. The Labute approximate surface area is 211 Å². The molecule has 0 spiro atoms. The van der Waals surface area contributed by atoms with Gasteiger partial charge in [0.05, 0.1) is 18.5 Å². The molecule has 0 radical (unpaired) electrons. The molecular weight excluding hydrogens is 454 g/mol. The molecule has 0 atom stereocenters. The zero-order valence-electron chi connectivity index (χ0n) is 20.7. The van der Waals surface area contributed by atoms with Crippen molar-refractivity contribution in [3.05, 3.63) is 65.4 Å². The van der Waals surface area contributed by atoms with Gasteiger partial charge in [0.1, 0.15) is 17.4 Å². The number of carbonyl (C=O) groups excluding carboxylic acids is 1. The van der Waals surface area contributed by atoms with Gasteiger partial charge in [-0.05, 0) is 55.3 Å². The van der Waals surface area contributed by atoms with E-state index in [-0.39, 0.29) is 5.91 Å². The van der Waals surface area contributed by atoms with Crippen LogP contribution in [0.3, 0.4) is 0 Å². The van der Waals surface area contributed by atoms with Gasteiger partial charge >= 0.3 is 0 Å². The minimum Gasteiger partial charge on any atom is -0.491 e. The number of aryl methyl sites for hydroxylation is 1. The predicted molar refractivity (Wildman–Crippen MR) is 140 cm³/mol. The second-order valence-electron chi connectivity index (χ2n) is 8.69. The first-order valence-corrected chi connectivity index (χ1v) is 12.2. The van der Waals surface area contributed by atoms with E-state index in [0.29, 0.717) is 62.2 Å². The van der Waals surface area contributed by atoms with Crippen LogP contribution in [0.1, 0.15) is 36.5 Å². The maximum atomic E-state index is 12.3. The van der Waals surface area contributed by atoms with E-state index in [1.54, 1.807) is 0 Å². The van der Waals surface area contributed by atoms with Crippen LogP contribution >= 0.6 is 0 Å². The fraction of sp³-hybridized carbons (Fsp3) is 0.333.